The molecule has 0 bridgehead atoms. The summed E-state index contributed by atoms with van der Waals surface area (Å²) in [6, 6.07) is 6.43. The first-order chi connectivity index (χ1) is 11.8. The van der Waals surface area contributed by atoms with Gasteiger partial charge in [-0.2, -0.15) is 0 Å². The van der Waals surface area contributed by atoms with E-state index in [0.29, 0.717) is 12.5 Å². The normalized spacial score (nSPS) is 23.5. The Labute approximate surface area is 147 Å². The van der Waals surface area contributed by atoms with Crippen LogP contribution in [-0.4, -0.2) is 49.1 Å². The van der Waals surface area contributed by atoms with E-state index in [2.05, 4.69) is 4.72 Å². The molecule has 2 atom stereocenters. The Kier molecular flexibility index (Phi) is 4.73. The summed E-state index contributed by atoms with van der Waals surface area (Å²) in [5.74, 6) is -1.47. The lowest BCUT2D eigenvalue weighted by molar-refractivity contribution is -0.142. The van der Waals surface area contributed by atoms with Gasteiger partial charge in [-0.15, -0.1) is 0 Å². The molecule has 1 amide bonds. The van der Waals surface area contributed by atoms with Gasteiger partial charge >= 0.3 is 5.97 Å². The van der Waals surface area contributed by atoms with Crippen LogP contribution in [0.1, 0.15) is 30.1 Å². The van der Waals surface area contributed by atoms with Gasteiger partial charge in [-0.1, -0.05) is 12.1 Å². The summed E-state index contributed by atoms with van der Waals surface area (Å²) in [6.07, 6.45) is 2.03. The topological polar surface area (TPSA) is 104 Å². The number of carbonyl (C=O) groups excluding carboxylic acids is 1. The van der Waals surface area contributed by atoms with Gasteiger partial charge < -0.3 is 10.0 Å². The molecule has 1 aliphatic heterocycles. The Morgan fingerprint density at radius 1 is 1.24 bits per heavy atom. The number of hydrogen-bond donors (Lipinski definition) is 2. The lowest BCUT2D eigenvalue weighted by Gasteiger charge is -2.19. The molecule has 8 heteroatoms. The number of benzene rings is 1. The number of likely N-dealkylation sites (tertiary alicyclic amines) is 1. The van der Waals surface area contributed by atoms with Crippen molar-refractivity contribution in [2.45, 2.75) is 19.8 Å². The largest absolute Gasteiger partial charge is 0.481 e. The molecule has 1 aromatic carbocycles. The van der Waals surface area contributed by atoms with Crippen LogP contribution >= 0.6 is 0 Å². The van der Waals surface area contributed by atoms with Crippen molar-refractivity contribution in [3.63, 3.8) is 0 Å². The summed E-state index contributed by atoms with van der Waals surface area (Å²) in [7, 11) is -3.51. The van der Waals surface area contributed by atoms with Crippen molar-refractivity contribution in [2.75, 3.05) is 23.6 Å². The fourth-order valence-electron chi connectivity index (χ4n) is 3.43. The van der Waals surface area contributed by atoms with E-state index in [-0.39, 0.29) is 35.4 Å². The predicted molar refractivity (Wildman–Crippen MR) is 92.8 cm³/mol. The lowest BCUT2D eigenvalue weighted by atomic mass is 9.92. The highest BCUT2D eigenvalue weighted by Crippen LogP contribution is 2.44. The molecule has 0 aromatic heterocycles. The summed E-state index contributed by atoms with van der Waals surface area (Å²) < 4.78 is 26.1. The molecule has 2 fully saturated rings. The van der Waals surface area contributed by atoms with Gasteiger partial charge in [0.05, 0.1) is 22.9 Å². The van der Waals surface area contributed by atoms with Crippen molar-refractivity contribution < 1.29 is 23.1 Å². The number of carboxylic acids is 1. The molecule has 7 nitrogen and oxygen atoms in total. The molecular weight excluding hydrogens is 344 g/mol. The fraction of sp³-hybridized carbons (Fsp3) is 0.529. The average Bonchev–Trinajstić information content (AvgIpc) is 3.32. The van der Waals surface area contributed by atoms with E-state index < -0.39 is 21.9 Å². The Morgan fingerprint density at radius 2 is 1.92 bits per heavy atom. The zero-order valence-corrected chi connectivity index (χ0v) is 14.8. The highest BCUT2D eigenvalue weighted by molar-refractivity contribution is 7.92. The second kappa shape index (κ2) is 6.67. The predicted octanol–water partition coefficient (Wildman–Crippen LogP) is 1.63. The minimum absolute atomic E-state index is 0.0130. The quantitative estimate of drug-likeness (QED) is 0.796. The van der Waals surface area contributed by atoms with Crippen LogP contribution in [-0.2, 0) is 14.8 Å². The molecule has 0 unspecified atom stereocenters. The van der Waals surface area contributed by atoms with E-state index in [1.54, 1.807) is 29.2 Å². The summed E-state index contributed by atoms with van der Waals surface area (Å²) >= 11 is 0. The van der Waals surface area contributed by atoms with Gasteiger partial charge in [0, 0.05) is 13.1 Å². The van der Waals surface area contributed by atoms with Crippen LogP contribution in [0, 0.1) is 17.8 Å². The zero-order chi connectivity index (χ0) is 18.2. The van der Waals surface area contributed by atoms with E-state index in [4.69, 9.17) is 0 Å². The third-order valence-electron chi connectivity index (χ3n) is 5.00. The highest BCUT2D eigenvalue weighted by atomic mass is 32.2. The molecule has 1 saturated carbocycles. The zero-order valence-electron chi connectivity index (χ0n) is 14.0. The van der Waals surface area contributed by atoms with Gasteiger partial charge in [-0.25, -0.2) is 8.42 Å². The molecule has 1 heterocycles. The molecule has 1 aliphatic carbocycles. The second-order valence-corrected chi connectivity index (χ2v) is 8.72. The van der Waals surface area contributed by atoms with Gasteiger partial charge in [0.15, 0.2) is 0 Å². The van der Waals surface area contributed by atoms with E-state index in [9.17, 15) is 23.1 Å². The van der Waals surface area contributed by atoms with Crippen molar-refractivity contribution in [3.8, 4) is 0 Å². The molecule has 0 spiro atoms. The van der Waals surface area contributed by atoms with Crippen LogP contribution in [0.5, 0.6) is 0 Å². The minimum atomic E-state index is -3.51. The maximum absolute atomic E-state index is 12.9. The Morgan fingerprint density at radius 3 is 2.52 bits per heavy atom. The minimum Gasteiger partial charge on any atom is -0.481 e. The molecule has 3 rings (SSSR count). The molecule has 2 N–H and O–H groups in total. The third kappa shape index (κ3) is 3.78. The van der Waals surface area contributed by atoms with Crippen molar-refractivity contribution in [3.05, 3.63) is 29.8 Å². The molecule has 0 radical (unpaired) electrons. The molecule has 1 aromatic rings. The maximum Gasteiger partial charge on any atom is 0.308 e. The van der Waals surface area contributed by atoms with Gasteiger partial charge in [0.25, 0.3) is 5.91 Å². The van der Waals surface area contributed by atoms with Crippen LogP contribution in [0.3, 0.4) is 0 Å². The molecular formula is C17H22N2O5S. The number of hydrogen-bond acceptors (Lipinski definition) is 4. The summed E-state index contributed by atoms with van der Waals surface area (Å²) in [4.78, 5) is 26.0. The first-order valence-electron chi connectivity index (χ1n) is 8.44. The Hall–Kier alpha value is -2.09. The summed E-state index contributed by atoms with van der Waals surface area (Å²) in [5.41, 5.74) is 0.483. The molecule has 1 saturated heterocycles. The first kappa shape index (κ1) is 17.7. The average molecular weight is 366 g/mol. The monoisotopic (exact) mass is 366 g/mol. The number of nitrogens with zero attached hydrogens (tertiary/aromatic N) is 1. The SMILES string of the molecule is CCS(=O)(=O)Nc1ccccc1C(=O)N1C[C@H](C(=O)O)[C@@H](C2CC2)C1. The number of para-hydroxylation sites is 1. The van der Waals surface area contributed by atoms with Gasteiger partial charge in [-0.05, 0) is 43.7 Å². The highest BCUT2D eigenvalue weighted by Gasteiger charge is 2.47. The van der Waals surface area contributed by atoms with Crippen LogP contribution in [0.25, 0.3) is 0 Å². The van der Waals surface area contributed by atoms with Crippen molar-refractivity contribution in [1.82, 2.24) is 4.90 Å². The molecule has 2 aliphatic rings. The van der Waals surface area contributed by atoms with Crippen LogP contribution in [0.15, 0.2) is 24.3 Å². The van der Waals surface area contributed by atoms with E-state index >= 15 is 0 Å². The molecule has 25 heavy (non-hydrogen) atoms. The smallest absolute Gasteiger partial charge is 0.308 e. The summed E-state index contributed by atoms with van der Waals surface area (Å²) in [5, 5.41) is 9.44. The number of rotatable bonds is 6. The number of sulfonamides is 1. The Bertz CT molecular complexity index is 788. The lowest BCUT2D eigenvalue weighted by Crippen LogP contribution is -2.31. The second-order valence-electron chi connectivity index (χ2n) is 6.71. The van der Waals surface area contributed by atoms with Crippen molar-refractivity contribution in [2.24, 2.45) is 17.8 Å². The fourth-order valence-corrected chi connectivity index (χ4v) is 4.08. The van der Waals surface area contributed by atoms with Gasteiger partial charge in [0.2, 0.25) is 10.0 Å². The number of nitrogens with one attached hydrogen (secondary N) is 1. The number of carbonyl (C=O) groups is 2. The van der Waals surface area contributed by atoms with Gasteiger partial charge in [-0.3, -0.25) is 14.3 Å². The van der Waals surface area contributed by atoms with Gasteiger partial charge in [0.1, 0.15) is 0 Å². The maximum atomic E-state index is 12.9. The third-order valence-corrected chi connectivity index (χ3v) is 6.29. The number of carboxylic acid groups (broad SMARTS) is 1. The first-order valence-corrected chi connectivity index (χ1v) is 10.1. The summed E-state index contributed by atoms with van der Waals surface area (Å²) in [6.45, 7) is 2.10. The van der Waals surface area contributed by atoms with E-state index in [1.807, 2.05) is 0 Å². The van der Waals surface area contributed by atoms with Crippen LogP contribution in [0.2, 0.25) is 0 Å². The van der Waals surface area contributed by atoms with E-state index in [1.165, 1.54) is 6.92 Å². The van der Waals surface area contributed by atoms with Crippen LogP contribution in [0.4, 0.5) is 5.69 Å². The van der Waals surface area contributed by atoms with Crippen molar-refractivity contribution >= 4 is 27.6 Å². The van der Waals surface area contributed by atoms with Crippen molar-refractivity contribution in [1.29, 1.82) is 0 Å². The molecule has 136 valence electrons. The number of aliphatic carboxylic acids is 1. The van der Waals surface area contributed by atoms with Crippen LogP contribution < -0.4 is 4.72 Å². The Balaban J connectivity index is 1.83. The standard InChI is InChI=1S/C17H22N2O5S/c1-2-25(23,24)18-15-6-4-3-5-12(15)16(20)19-9-13(11-7-8-11)14(10-19)17(21)22/h3-6,11,13-14,18H,2,7-10H2,1H3,(H,21,22)/t13-,14+/m1/s1. The number of amides is 1. The number of anilines is 1. The van der Waals surface area contributed by atoms with E-state index in [0.717, 1.165) is 12.8 Å².